The molecule has 0 N–H and O–H groups in total. The average Bonchev–Trinajstić information content (AvgIpc) is 3.71. The molecule has 19 heteroatoms. The molecule has 0 amide bonds. The van der Waals surface area contributed by atoms with E-state index in [4.69, 9.17) is 133 Å². The van der Waals surface area contributed by atoms with Crippen LogP contribution in [0.2, 0.25) is 0 Å². The standard InChI is InChI=1S/C45H14B15N3S/c46-26-19(29(49)36(56)30(50)21(26)22-31(51)37(57)32(52)23-24-33(53)38(58)39(59)40(60)42(24)64-41(22)23)20-27(47)34(54)25(35(55)28(20)48)45-62-43(17-9-5-2-6-10-17)61-44(63-45)18-13-11-16(12-14-18)15-7-3-1-4-8-15/h1-14H. The van der Waals surface area contributed by atoms with Crippen molar-refractivity contribution in [1.82, 2.24) is 15.0 Å². The molecule has 260 valence electrons. The second kappa shape index (κ2) is 16.6. The van der Waals surface area contributed by atoms with Gasteiger partial charge in [-0.2, -0.15) is 0 Å². The van der Waals surface area contributed by atoms with Gasteiger partial charge in [0, 0.05) is 26.1 Å². The summed E-state index contributed by atoms with van der Waals surface area (Å²) in [5.74, 6) is 0.792. The van der Waals surface area contributed by atoms with E-state index in [0.717, 1.165) is 11.1 Å². The molecular weight excluding hydrogens is 777 g/mol. The second-order valence-electron chi connectivity index (χ2n) is 15.2. The van der Waals surface area contributed by atoms with Gasteiger partial charge in [-0.15, -0.1) is 33.2 Å². The zero-order valence-electron chi connectivity index (χ0n) is 34.0. The van der Waals surface area contributed by atoms with E-state index in [9.17, 15) is 0 Å². The maximum absolute atomic E-state index is 7.12. The van der Waals surface area contributed by atoms with Gasteiger partial charge in [0.2, 0.25) is 0 Å². The van der Waals surface area contributed by atoms with Crippen LogP contribution in [-0.4, -0.2) is 133 Å². The zero-order valence-corrected chi connectivity index (χ0v) is 34.8. The van der Waals surface area contributed by atoms with E-state index < -0.39 is 0 Å². The van der Waals surface area contributed by atoms with E-state index in [1.807, 2.05) is 84.9 Å². The van der Waals surface area contributed by atoms with Crippen LogP contribution in [0.1, 0.15) is 0 Å². The predicted octanol–water partition coefficient (Wildman–Crippen LogP) is -5.85. The first-order valence-electron chi connectivity index (χ1n) is 19.5. The van der Waals surface area contributed by atoms with Gasteiger partial charge in [0.25, 0.3) is 0 Å². The van der Waals surface area contributed by atoms with Gasteiger partial charge in [-0.05, 0) is 44.2 Å². The van der Waals surface area contributed by atoms with Gasteiger partial charge in [0.05, 0.1) is 0 Å². The smallest absolute Gasteiger partial charge is 0.164 e. The summed E-state index contributed by atoms with van der Waals surface area (Å²) >= 11 is 1.17. The summed E-state index contributed by atoms with van der Waals surface area (Å²) in [6, 6.07) is 27.2. The zero-order chi connectivity index (χ0) is 45.6. The van der Waals surface area contributed by atoms with Crippen molar-refractivity contribution >= 4 is 231 Å². The van der Waals surface area contributed by atoms with Crippen LogP contribution in [-0.2, 0) is 0 Å². The number of aromatic nitrogens is 3. The maximum Gasteiger partial charge on any atom is 0.164 e. The van der Waals surface area contributed by atoms with E-state index in [1.54, 1.807) is 0 Å². The lowest BCUT2D eigenvalue weighted by Crippen LogP contribution is -2.51. The van der Waals surface area contributed by atoms with Crippen molar-refractivity contribution in [2.45, 2.75) is 0 Å². The molecule has 3 nitrogen and oxygen atoms in total. The van der Waals surface area contributed by atoms with Crippen molar-refractivity contribution in [3.05, 3.63) is 84.9 Å². The molecule has 9 aromatic rings. The first-order valence-corrected chi connectivity index (χ1v) is 20.3. The van der Waals surface area contributed by atoms with Crippen molar-refractivity contribution in [2.75, 3.05) is 0 Å². The molecule has 30 radical (unpaired) electrons. The number of benzene rings is 7. The Morgan fingerprint density at radius 2 is 0.578 bits per heavy atom. The SMILES string of the molecule is [B]c1c([B])c(-c2c([B])c([B])c(-c3nc(-c4ccccc4)nc(-c4ccc(-c5ccccc5)cc4)n3)c([B])c2[B])c([B])c(-c2c([B])c([B])c([B])c3c2sc2c([B])c([B])c([B])c([B])c23)c1[B]. The Labute approximate surface area is 396 Å². The Morgan fingerprint density at radius 3 is 1.12 bits per heavy atom. The largest absolute Gasteiger partial charge is 0.208 e. The number of thiophene rings is 1. The normalized spacial score (nSPS) is 11.4. The highest BCUT2D eigenvalue weighted by Crippen LogP contribution is 2.35. The van der Waals surface area contributed by atoms with Crippen LogP contribution in [0.4, 0.5) is 0 Å². The lowest BCUT2D eigenvalue weighted by Gasteiger charge is -2.29. The molecule has 0 aliphatic heterocycles. The molecule has 0 unspecified atom stereocenters. The minimum atomic E-state index is -0.0799. The molecule has 0 aliphatic carbocycles. The Balaban J connectivity index is 1.27. The summed E-state index contributed by atoms with van der Waals surface area (Å²) in [5, 5.41) is 0.810. The molecule has 0 bridgehead atoms. The average molecular weight is 791 g/mol. The van der Waals surface area contributed by atoms with Crippen LogP contribution >= 0.6 is 11.3 Å². The summed E-state index contributed by atoms with van der Waals surface area (Å²) in [6.45, 7) is 0. The van der Waals surface area contributed by atoms with Crippen molar-refractivity contribution in [3.8, 4) is 67.5 Å². The lowest BCUT2D eigenvalue weighted by molar-refractivity contribution is 1.08. The van der Waals surface area contributed by atoms with Crippen LogP contribution in [0.15, 0.2) is 84.9 Å². The fraction of sp³-hybridized carbons (Fsp3) is 0. The number of hydrogen-bond donors (Lipinski definition) is 0. The molecule has 2 aromatic heterocycles. The van der Waals surface area contributed by atoms with Crippen molar-refractivity contribution in [2.24, 2.45) is 0 Å². The second-order valence-corrected chi connectivity index (χ2v) is 16.2. The topological polar surface area (TPSA) is 38.7 Å². The highest BCUT2D eigenvalue weighted by Gasteiger charge is 2.27. The Morgan fingerprint density at radius 1 is 0.250 bits per heavy atom. The number of fused-ring (bicyclic) bond motifs is 3. The summed E-state index contributed by atoms with van der Waals surface area (Å²) in [6.07, 6.45) is 0. The van der Waals surface area contributed by atoms with Gasteiger partial charge in [-0.1, -0.05) is 145 Å². The fourth-order valence-corrected chi connectivity index (χ4v) is 9.49. The third-order valence-electron chi connectivity index (χ3n) is 11.6. The van der Waals surface area contributed by atoms with Gasteiger partial charge in [-0.3, -0.25) is 0 Å². The first kappa shape index (κ1) is 44.0. The maximum atomic E-state index is 7.12. The quantitative estimate of drug-likeness (QED) is 0.158. The fourth-order valence-electron chi connectivity index (χ4n) is 8.13. The van der Waals surface area contributed by atoms with E-state index in [2.05, 4.69) is 0 Å². The molecular formula is C45H14B15N3S. The van der Waals surface area contributed by atoms with Crippen LogP contribution < -0.4 is 81.9 Å². The molecule has 0 aliphatic rings. The molecule has 0 fully saturated rings. The Kier molecular flexibility index (Phi) is 11.4. The monoisotopic (exact) mass is 793 g/mol. The van der Waals surface area contributed by atoms with Gasteiger partial charge in [0.15, 0.2) is 17.5 Å². The van der Waals surface area contributed by atoms with E-state index >= 15 is 0 Å². The molecule has 64 heavy (non-hydrogen) atoms. The molecule has 0 spiro atoms. The minimum Gasteiger partial charge on any atom is -0.208 e. The first-order chi connectivity index (χ1) is 30.5. The van der Waals surface area contributed by atoms with Gasteiger partial charge >= 0.3 is 0 Å². The molecule has 0 saturated heterocycles. The number of rotatable bonds is 6. The number of nitrogens with zero attached hydrogens (tertiary/aromatic N) is 3. The molecule has 2 heterocycles. The summed E-state index contributed by atoms with van der Waals surface area (Å²) in [4.78, 5) is 14.5. The van der Waals surface area contributed by atoms with Crippen molar-refractivity contribution in [1.29, 1.82) is 0 Å². The molecule has 0 saturated carbocycles. The van der Waals surface area contributed by atoms with E-state index in [-0.39, 0.29) is 116 Å². The molecule has 9 rings (SSSR count). The summed E-state index contributed by atoms with van der Waals surface area (Å²) < 4.78 is 0.921. The van der Waals surface area contributed by atoms with E-state index in [0.29, 0.717) is 42.9 Å². The Hall–Kier alpha value is -5.26. The van der Waals surface area contributed by atoms with Crippen molar-refractivity contribution in [3.63, 3.8) is 0 Å². The summed E-state index contributed by atoms with van der Waals surface area (Å²) in [5.41, 5.74) is 4.37. The van der Waals surface area contributed by atoms with Gasteiger partial charge < -0.3 is 0 Å². The third-order valence-corrected chi connectivity index (χ3v) is 12.8. The Bertz CT molecular complexity index is 3410. The van der Waals surface area contributed by atoms with Crippen LogP contribution in [0.25, 0.3) is 87.7 Å². The highest BCUT2D eigenvalue weighted by atomic mass is 32.1. The highest BCUT2D eigenvalue weighted by molar-refractivity contribution is 7.28. The predicted molar refractivity (Wildman–Crippen MR) is 286 cm³/mol. The van der Waals surface area contributed by atoms with Crippen LogP contribution in [0.3, 0.4) is 0 Å². The lowest BCUT2D eigenvalue weighted by atomic mass is 9.56. The molecule has 7 aromatic carbocycles. The van der Waals surface area contributed by atoms with Gasteiger partial charge in [-0.25, -0.2) is 15.0 Å². The minimum absolute atomic E-state index is 0.00177. The van der Waals surface area contributed by atoms with E-state index in [1.165, 1.54) is 11.3 Å². The van der Waals surface area contributed by atoms with Gasteiger partial charge in [0.1, 0.15) is 118 Å². The molecule has 0 atom stereocenters. The van der Waals surface area contributed by atoms with Crippen LogP contribution in [0.5, 0.6) is 0 Å². The van der Waals surface area contributed by atoms with Crippen molar-refractivity contribution < 1.29 is 0 Å². The summed E-state index contributed by atoms with van der Waals surface area (Å²) in [7, 11) is 101. The third kappa shape index (κ3) is 6.82. The number of hydrogen-bond acceptors (Lipinski definition) is 4. The van der Waals surface area contributed by atoms with Crippen LogP contribution in [0, 0.1) is 0 Å².